The minimum Gasteiger partial charge on any atom is -0.360 e. The molecule has 4 aromatic rings. The summed E-state index contributed by atoms with van der Waals surface area (Å²) in [7, 11) is 3.90. The van der Waals surface area contributed by atoms with Crippen molar-refractivity contribution >= 4 is 51.6 Å². The van der Waals surface area contributed by atoms with Crippen molar-refractivity contribution in [3.63, 3.8) is 0 Å². The van der Waals surface area contributed by atoms with Crippen LogP contribution in [-0.4, -0.2) is 70.3 Å². The number of aromatic nitrogens is 3. The van der Waals surface area contributed by atoms with Crippen LogP contribution in [0.3, 0.4) is 0 Å². The number of para-hydroxylation sites is 1. The largest absolute Gasteiger partial charge is 0.360 e. The van der Waals surface area contributed by atoms with Crippen molar-refractivity contribution in [1.82, 2.24) is 24.8 Å². The molecule has 2 aromatic carbocycles. The number of fused-ring (bicyclic) bond motifs is 1. The molecule has 1 aliphatic heterocycles. The number of likely N-dealkylation sites (N-methyl/N-ethyl adjacent to an activating group) is 1. The molecule has 1 aliphatic rings. The molecule has 9 nitrogen and oxygen atoms in total. The van der Waals surface area contributed by atoms with Gasteiger partial charge in [0.1, 0.15) is 0 Å². The third kappa shape index (κ3) is 6.50. The van der Waals surface area contributed by atoms with Gasteiger partial charge in [0.15, 0.2) is 0 Å². The highest BCUT2D eigenvalue weighted by molar-refractivity contribution is 6.33. The minimum absolute atomic E-state index is 0.0551. The predicted molar refractivity (Wildman–Crippen MR) is 160 cm³/mol. The molecule has 2 amide bonds. The van der Waals surface area contributed by atoms with Gasteiger partial charge >= 0.3 is 0 Å². The summed E-state index contributed by atoms with van der Waals surface area (Å²) in [4.78, 5) is 41.7. The molecule has 1 saturated heterocycles. The van der Waals surface area contributed by atoms with Gasteiger partial charge in [0.25, 0.3) is 0 Å². The number of nitrogens with one attached hydrogen (secondary N) is 3. The van der Waals surface area contributed by atoms with E-state index in [1.54, 1.807) is 17.2 Å². The molecule has 1 atom stereocenters. The van der Waals surface area contributed by atoms with E-state index in [1.807, 2.05) is 79.8 Å². The monoisotopic (exact) mass is 557 g/mol. The van der Waals surface area contributed by atoms with Crippen molar-refractivity contribution in [2.24, 2.45) is 5.92 Å². The van der Waals surface area contributed by atoms with Crippen LogP contribution in [0.25, 0.3) is 22.2 Å². The lowest BCUT2D eigenvalue weighted by atomic mass is 9.97. The third-order valence-corrected chi connectivity index (χ3v) is 7.09. The van der Waals surface area contributed by atoms with Crippen LogP contribution in [0.5, 0.6) is 0 Å². The van der Waals surface area contributed by atoms with E-state index in [0.29, 0.717) is 42.0 Å². The van der Waals surface area contributed by atoms with E-state index in [9.17, 15) is 9.59 Å². The summed E-state index contributed by atoms with van der Waals surface area (Å²) in [5.74, 6) is -0.0383. The first-order valence-electron chi connectivity index (χ1n) is 13.2. The number of amides is 2. The van der Waals surface area contributed by atoms with Crippen LogP contribution in [-0.2, 0) is 9.59 Å². The zero-order valence-corrected chi connectivity index (χ0v) is 23.3. The number of H-pyrrole nitrogens is 1. The standard InChI is InChI=1S/C30H32ClN7O2/c1-37(2)14-7-13-27(39)38-15-6-8-20(19-38)29(40)34-21-9-5-10-22(16-21)35-30-33-18-25(31)28(36-30)24-17-32-26-12-4-3-11-23(24)26/h3-5,7,9-13,16-18,20,32H,6,8,14-15,19H2,1-2H3,(H,34,40)(H,33,35,36)/t20-/m1/s1. The van der Waals surface area contributed by atoms with E-state index in [0.717, 1.165) is 35.0 Å². The van der Waals surface area contributed by atoms with Crippen molar-refractivity contribution < 1.29 is 9.59 Å². The highest BCUT2D eigenvalue weighted by atomic mass is 35.5. The van der Waals surface area contributed by atoms with Gasteiger partial charge < -0.3 is 25.4 Å². The number of carbonyl (C=O) groups is 2. The van der Waals surface area contributed by atoms with Gasteiger partial charge in [-0.3, -0.25) is 9.59 Å². The quantitative estimate of drug-likeness (QED) is 0.253. The highest BCUT2D eigenvalue weighted by Gasteiger charge is 2.27. The number of anilines is 3. The molecular weight excluding hydrogens is 526 g/mol. The molecule has 0 spiro atoms. The normalized spacial score (nSPS) is 15.6. The number of piperidine rings is 1. The van der Waals surface area contributed by atoms with Crippen molar-refractivity contribution in [2.75, 3.05) is 44.4 Å². The van der Waals surface area contributed by atoms with Gasteiger partial charge in [0.05, 0.1) is 22.8 Å². The van der Waals surface area contributed by atoms with E-state index in [-0.39, 0.29) is 17.7 Å². The lowest BCUT2D eigenvalue weighted by Gasteiger charge is -2.31. The van der Waals surface area contributed by atoms with E-state index >= 15 is 0 Å². The number of aromatic amines is 1. The Hall–Kier alpha value is -4.21. The van der Waals surface area contributed by atoms with Gasteiger partial charge in [0, 0.05) is 59.7 Å². The molecule has 0 saturated carbocycles. The molecule has 0 bridgehead atoms. The fraction of sp³-hybridized carbons (Fsp3) is 0.267. The molecule has 5 rings (SSSR count). The SMILES string of the molecule is CN(C)CC=CC(=O)N1CCC[C@@H](C(=O)Nc2cccc(Nc3ncc(Cl)c(-c4c[nH]c5ccccc45)n3)c2)C1. The molecule has 10 heteroatoms. The topological polar surface area (TPSA) is 106 Å². The number of likely N-dealkylation sites (tertiary alicyclic amines) is 1. The Labute approximate surface area is 238 Å². The van der Waals surface area contributed by atoms with E-state index in [4.69, 9.17) is 11.6 Å². The second kappa shape index (κ2) is 12.3. The predicted octanol–water partition coefficient (Wildman–Crippen LogP) is 5.32. The summed E-state index contributed by atoms with van der Waals surface area (Å²) in [5.41, 5.74) is 3.87. The number of hydrogen-bond acceptors (Lipinski definition) is 6. The van der Waals surface area contributed by atoms with Crippen LogP contribution in [0.15, 0.2) is 73.1 Å². The van der Waals surface area contributed by atoms with Crippen LogP contribution >= 0.6 is 11.6 Å². The van der Waals surface area contributed by atoms with E-state index < -0.39 is 0 Å². The maximum absolute atomic E-state index is 13.1. The van der Waals surface area contributed by atoms with Gasteiger partial charge in [-0.25, -0.2) is 9.97 Å². The Morgan fingerprint density at radius 2 is 2.00 bits per heavy atom. The molecule has 0 radical (unpaired) electrons. The molecule has 40 heavy (non-hydrogen) atoms. The van der Waals surface area contributed by atoms with Crippen molar-refractivity contribution in [1.29, 1.82) is 0 Å². The molecule has 0 unspecified atom stereocenters. The first kappa shape index (κ1) is 27.4. The molecule has 0 aliphatic carbocycles. The Morgan fingerprint density at radius 1 is 1.18 bits per heavy atom. The van der Waals surface area contributed by atoms with Gasteiger partial charge in [-0.1, -0.05) is 41.9 Å². The van der Waals surface area contributed by atoms with E-state index in [2.05, 4.69) is 25.6 Å². The summed E-state index contributed by atoms with van der Waals surface area (Å²) in [6.07, 6.45) is 8.44. The van der Waals surface area contributed by atoms with Crippen LogP contribution in [0.4, 0.5) is 17.3 Å². The van der Waals surface area contributed by atoms with Crippen molar-refractivity contribution in [3.8, 4) is 11.3 Å². The Bertz CT molecular complexity index is 1550. The van der Waals surface area contributed by atoms with Gasteiger partial charge in [-0.05, 0) is 51.2 Å². The molecule has 3 heterocycles. The zero-order valence-electron chi connectivity index (χ0n) is 22.5. The number of benzene rings is 2. The zero-order chi connectivity index (χ0) is 28.1. The van der Waals surface area contributed by atoms with E-state index in [1.165, 1.54) is 0 Å². The van der Waals surface area contributed by atoms with Crippen LogP contribution in [0.2, 0.25) is 5.02 Å². The Balaban J connectivity index is 1.25. The Morgan fingerprint density at radius 3 is 2.85 bits per heavy atom. The second-order valence-electron chi connectivity index (χ2n) is 10.1. The summed E-state index contributed by atoms with van der Waals surface area (Å²) >= 11 is 6.47. The van der Waals surface area contributed by atoms with Gasteiger partial charge in [0.2, 0.25) is 17.8 Å². The summed E-state index contributed by atoms with van der Waals surface area (Å²) in [6, 6.07) is 15.3. The first-order valence-corrected chi connectivity index (χ1v) is 13.6. The van der Waals surface area contributed by atoms with Crippen molar-refractivity contribution in [2.45, 2.75) is 12.8 Å². The van der Waals surface area contributed by atoms with Crippen LogP contribution in [0.1, 0.15) is 12.8 Å². The number of rotatable bonds is 8. The summed E-state index contributed by atoms with van der Waals surface area (Å²) in [5, 5.41) is 7.70. The average Bonchev–Trinajstić information content (AvgIpc) is 3.38. The van der Waals surface area contributed by atoms with Gasteiger partial charge in [-0.15, -0.1) is 0 Å². The smallest absolute Gasteiger partial charge is 0.246 e. The second-order valence-corrected chi connectivity index (χ2v) is 10.5. The fourth-order valence-corrected chi connectivity index (χ4v) is 4.99. The molecular formula is C30H32ClN7O2. The number of carbonyl (C=O) groups excluding carboxylic acids is 2. The Kier molecular flexibility index (Phi) is 8.42. The lowest BCUT2D eigenvalue weighted by Crippen LogP contribution is -2.43. The summed E-state index contributed by atoms with van der Waals surface area (Å²) < 4.78 is 0. The number of nitrogens with zero attached hydrogens (tertiary/aromatic N) is 4. The van der Waals surface area contributed by atoms with Crippen molar-refractivity contribution in [3.05, 3.63) is 78.1 Å². The maximum Gasteiger partial charge on any atom is 0.246 e. The fourth-order valence-electron chi connectivity index (χ4n) is 4.79. The number of halogens is 1. The molecule has 1 fully saturated rings. The average molecular weight is 558 g/mol. The first-order chi connectivity index (χ1) is 19.4. The summed E-state index contributed by atoms with van der Waals surface area (Å²) in [6.45, 7) is 1.76. The molecule has 2 aromatic heterocycles. The molecule has 206 valence electrons. The number of hydrogen-bond donors (Lipinski definition) is 3. The minimum atomic E-state index is -0.269. The third-order valence-electron chi connectivity index (χ3n) is 6.81. The van der Waals surface area contributed by atoms with Crippen LogP contribution in [0, 0.1) is 5.92 Å². The lowest BCUT2D eigenvalue weighted by molar-refractivity contribution is -0.130. The van der Waals surface area contributed by atoms with Crippen LogP contribution < -0.4 is 10.6 Å². The van der Waals surface area contributed by atoms with Gasteiger partial charge in [-0.2, -0.15) is 0 Å². The highest BCUT2D eigenvalue weighted by Crippen LogP contribution is 2.33. The molecule has 3 N–H and O–H groups in total. The maximum atomic E-state index is 13.1.